The predicted molar refractivity (Wildman–Crippen MR) is 112 cm³/mol. The van der Waals surface area contributed by atoms with Crippen LogP contribution in [0.5, 0.6) is 0 Å². The zero-order valence-electron chi connectivity index (χ0n) is 16.4. The lowest BCUT2D eigenvalue weighted by Crippen LogP contribution is -2.50. The molecule has 29 heavy (non-hydrogen) atoms. The summed E-state index contributed by atoms with van der Waals surface area (Å²) >= 11 is 0. The summed E-state index contributed by atoms with van der Waals surface area (Å²) in [5, 5.41) is 16.8. The van der Waals surface area contributed by atoms with Crippen molar-refractivity contribution in [2.75, 3.05) is 29.9 Å². The number of aryl methyl sites for hydroxylation is 2. The van der Waals surface area contributed by atoms with E-state index in [9.17, 15) is 0 Å². The maximum atomic E-state index is 4.53. The molecule has 0 radical (unpaired) electrons. The Hall–Kier alpha value is -3.55. The van der Waals surface area contributed by atoms with Crippen LogP contribution in [0.1, 0.15) is 11.4 Å². The molecule has 1 saturated heterocycles. The van der Waals surface area contributed by atoms with Crippen molar-refractivity contribution in [3.8, 4) is 11.3 Å². The fourth-order valence-electron chi connectivity index (χ4n) is 3.65. The van der Waals surface area contributed by atoms with Gasteiger partial charge in [-0.05, 0) is 38.1 Å². The largest absolute Gasteiger partial charge is 0.369 e. The van der Waals surface area contributed by atoms with Crippen LogP contribution in [-0.4, -0.2) is 49.4 Å². The van der Waals surface area contributed by atoms with E-state index >= 15 is 0 Å². The van der Waals surface area contributed by atoms with E-state index in [2.05, 4.69) is 35.5 Å². The van der Waals surface area contributed by atoms with Crippen LogP contribution < -0.4 is 10.2 Å². The minimum Gasteiger partial charge on any atom is -0.369 e. The van der Waals surface area contributed by atoms with Crippen molar-refractivity contribution < 1.29 is 0 Å². The van der Waals surface area contributed by atoms with Crippen LogP contribution in [0.15, 0.2) is 48.8 Å². The number of nitrogens with zero attached hydrogens (tertiary/aromatic N) is 7. The van der Waals surface area contributed by atoms with Crippen molar-refractivity contribution in [2.45, 2.75) is 13.8 Å². The summed E-state index contributed by atoms with van der Waals surface area (Å²) in [6.07, 6.45) is 3.53. The van der Waals surface area contributed by atoms with Gasteiger partial charge in [0.05, 0.1) is 11.4 Å². The summed E-state index contributed by atoms with van der Waals surface area (Å²) in [6.45, 7) is 6.80. The van der Waals surface area contributed by atoms with Gasteiger partial charge < -0.3 is 10.2 Å². The van der Waals surface area contributed by atoms with Crippen molar-refractivity contribution in [1.29, 1.82) is 0 Å². The molecule has 0 saturated carbocycles. The van der Waals surface area contributed by atoms with Crippen molar-refractivity contribution in [3.63, 3.8) is 0 Å². The van der Waals surface area contributed by atoms with Crippen LogP contribution in [0, 0.1) is 19.8 Å². The smallest absolute Gasteiger partial charge is 0.157 e. The first-order valence-electron chi connectivity index (χ1n) is 9.73. The highest BCUT2D eigenvalue weighted by atomic mass is 15.3. The van der Waals surface area contributed by atoms with Gasteiger partial charge in [0.1, 0.15) is 5.82 Å². The minimum absolute atomic E-state index is 0.553. The Bertz CT molecular complexity index is 1130. The molecular formula is C21H22N8. The topological polar surface area (TPSA) is 84.1 Å². The van der Waals surface area contributed by atoms with E-state index in [0.29, 0.717) is 5.92 Å². The number of aromatic nitrogens is 6. The van der Waals surface area contributed by atoms with Crippen LogP contribution in [0.2, 0.25) is 0 Å². The van der Waals surface area contributed by atoms with Crippen LogP contribution in [-0.2, 0) is 0 Å². The Morgan fingerprint density at radius 1 is 1.00 bits per heavy atom. The van der Waals surface area contributed by atoms with Gasteiger partial charge in [0.2, 0.25) is 0 Å². The van der Waals surface area contributed by atoms with Gasteiger partial charge in [-0.1, -0.05) is 0 Å². The Balaban J connectivity index is 1.20. The Kier molecular flexibility index (Phi) is 4.31. The molecule has 8 heteroatoms. The number of pyridine rings is 1. The van der Waals surface area contributed by atoms with E-state index in [1.54, 1.807) is 12.4 Å². The second-order valence-electron chi connectivity index (χ2n) is 7.50. The van der Waals surface area contributed by atoms with Crippen LogP contribution in [0.4, 0.5) is 11.6 Å². The molecule has 146 valence electrons. The van der Waals surface area contributed by atoms with Crippen molar-refractivity contribution in [1.82, 2.24) is 29.8 Å². The summed E-state index contributed by atoms with van der Waals surface area (Å²) in [5.74, 6) is 2.46. The Labute approximate surface area is 168 Å². The van der Waals surface area contributed by atoms with Gasteiger partial charge in [0.15, 0.2) is 11.5 Å². The zero-order valence-corrected chi connectivity index (χ0v) is 16.4. The van der Waals surface area contributed by atoms with Crippen LogP contribution in [0.3, 0.4) is 0 Å². The first-order chi connectivity index (χ1) is 14.2. The molecule has 0 aliphatic carbocycles. The first kappa shape index (κ1) is 17.5. The highest BCUT2D eigenvalue weighted by molar-refractivity contribution is 5.59. The van der Waals surface area contributed by atoms with Gasteiger partial charge in [0, 0.05) is 61.3 Å². The molecule has 0 aromatic carbocycles. The fraction of sp³-hybridized carbons (Fsp3) is 0.286. The third kappa shape index (κ3) is 3.49. The molecule has 1 N–H and O–H groups in total. The van der Waals surface area contributed by atoms with E-state index in [1.807, 2.05) is 54.8 Å². The molecular weight excluding hydrogens is 364 g/mol. The minimum atomic E-state index is 0.553. The molecule has 1 aliphatic rings. The van der Waals surface area contributed by atoms with Crippen molar-refractivity contribution >= 4 is 17.3 Å². The summed E-state index contributed by atoms with van der Waals surface area (Å²) in [4.78, 5) is 10.8. The molecule has 5 heterocycles. The zero-order chi connectivity index (χ0) is 19.8. The molecule has 0 amide bonds. The summed E-state index contributed by atoms with van der Waals surface area (Å²) in [6, 6.07) is 12.0. The number of hydrogen-bond donors (Lipinski definition) is 1. The van der Waals surface area contributed by atoms with Crippen molar-refractivity contribution in [2.24, 2.45) is 5.92 Å². The Morgan fingerprint density at radius 3 is 2.59 bits per heavy atom. The van der Waals surface area contributed by atoms with Crippen molar-refractivity contribution in [3.05, 3.63) is 60.2 Å². The molecule has 0 bridgehead atoms. The maximum absolute atomic E-state index is 4.53. The number of hydrogen-bond acceptors (Lipinski definition) is 7. The van der Waals surface area contributed by atoms with Crippen LogP contribution in [0.25, 0.3) is 16.9 Å². The number of fused-ring (bicyclic) bond motifs is 1. The van der Waals surface area contributed by atoms with Gasteiger partial charge in [-0.15, -0.1) is 10.2 Å². The second kappa shape index (κ2) is 7.12. The van der Waals surface area contributed by atoms with Gasteiger partial charge in [-0.2, -0.15) is 9.61 Å². The van der Waals surface area contributed by atoms with Gasteiger partial charge in [-0.25, -0.2) is 4.98 Å². The standard InChI is InChI=1S/C21H22N8/c1-14-9-20(29-21(24-14)10-15(2)27-29)23-11-16-12-28(13-16)19-4-3-18(25-26-19)17-5-7-22-8-6-17/h3-10,16,23H,11-13H2,1-2H3. The quantitative estimate of drug-likeness (QED) is 0.564. The number of nitrogens with one attached hydrogen (secondary N) is 1. The van der Waals surface area contributed by atoms with Crippen LogP contribution >= 0.6 is 0 Å². The lowest BCUT2D eigenvalue weighted by Gasteiger charge is -2.40. The number of rotatable bonds is 5. The molecule has 0 atom stereocenters. The molecule has 4 aromatic rings. The molecule has 8 nitrogen and oxygen atoms in total. The predicted octanol–water partition coefficient (Wildman–Crippen LogP) is 2.75. The van der Waals surface area contributed by atoms with E-state index in [4.69, 9.17) is 0 Å². The lowest BCUT2D eigenvalue weighted by molar-refractivity contribution is 0.425. The SMILES string of the molecule is Cc1cc(NCC2CN(c3ccc(-c4ccncc4)nn3)C2)n2nc(C)cc2n1. The van der Waals surface area contributed by atoms with E-state index < -0.39 is 0 Å². The molecule has 4 aromatic heterocycles. The highest BCUT2D eigenvalue weighted by Crippen LogP contribution is 2.24. The van der Waals surface area contributed by atoms with E-state index in [1.165, 1.54) is 0 Å². The molecule has 5 rings (SSSR count). The second-order valence-corrected chi connectivity index (χ2v) is 7.50. The monoisotopic (exact) mass is 386 g/mol. The highest BCUT2D eigenvalue weighted by Gasteiger charge is 2.28. The van der Waals surface area contributed by atoms with Gasteiger partial charge in [0.25, 0.3) is 0 Å². The molecule has 0 unspecified atom stereocenters. The Morgan fingerprint density at radius 2 is 1.83 bits per heavy atom. The normalized spacial score (nSPS) is 14.2. The molecule has 1 aliphatic heterocycles. The van der Waals surface area contributed by atoms with E-state index in [-0.39, 0.29) is 0 Å². The third-order valence-electron chi connectivity index (χ3n) is 5.16. The lowest BCUT2D eigenvalue weighted by atomic mass is 10.0. The molecule has 1 fully saturated rings. The van der Waals surface area contributed by atoms with Gasteiger partial charge >= 0.3 is 0 Å². The number of anilines is 2. The average Bonchev–Trinajstić information content (AvgIpc) is 3.08. The summed E-state index contributed by atoms with van der Waals surface area (Å²) in [7, 11) is 0. The molecule has 0 spiro atoms. The maximum Gasteiger partial charge on any atom is 0.157 e. The third-order valence-corrected chi connectivity index (χ3v) is 5.16. The summed E-state index contributed by atoms with van der Waals surface area (Å²) in [5.41, 5.74) is 4.72. The fourth-order valence-corrected chi connectivity index (χ4v) is 3.65. The summed E-state index contributed by atoms with van der Waals surface area (Å²) < 4.78 is 1.88. The first-order valence-corrected chi connectivity index (χ1v) is 9.73. The van der Waals surface area contributed by atoms with Gasteiger partial charge in [-0.3, -0.25) is 4.98 Å². The van der Waals surface area contributed by atoms with E-state index in [0.717, 1.165) is 59.6 Å². The average molecular weight is 386 g/mol.